The number of carbonyl (C=O) groups excluding carboxylic acids is 2. The molecular formula is C30H31ClN4O3. The fourth-order valence-corrected chi connectivity index (χ4v) is 5.29. The molecule has 3 heterocycles. The topological polar surface area (TPSA) is 75.9 Å². The number of aromatic nitrogens is 2. The largest absolute Gasteiger partial charge is 0.465 e. The lowest BCUT2D eigenvalue weighted by atomic mass is 9.89. The minimum atomic E-state index is -0.305. The van der Waals surface area contributed by atoms with Gasteiger partial charge in [0.15, 0.2) is 0 Å². The number of ether oxygens (including phenoxy) is 1. The third-order valence-electron chi connectivity index (χ3n) is 7.26. The van der Waals surface area contributed by atoms with Crippen LogP contribution in [0.2, 0.25) is 5.02 Å². The van der Waals surface area contributed by atoms with Crippen molar-refractivity contribution in [3.8, 4) is 0 Å². The first-order chi connectivity index (χ1) is 18.5. The van der Waals surface area contributed by atoms with Gasteiger partial charge in [0.1, 0.15) is 11.3 Å². The van der Waals surface area contributed by atoms with Crippen molar-refractivity contribution >= 4 is 34.8 Å². The summed E-state index contributed by atoms with van der Waals surface area (Å²) < 4.78 is 6.55. The number of imidazole rings is 1. The van der Waals surface area contributed by atoms with Gasteiger partial charge in [0.25, 0.3) is 5.91 Å². The molecular weight excluding hydrogens is 500 g/mol. The van der Waals surface area contributed by atoms with Crippen LogP contribution in [0.5, 0.6) is 0 Å². The van der Waals surface area contributed by atoms with Crippen LogP contribution in [0.1, 0.15) is 63.4 Å². The number of esters is 1. The Hall–Kier alpha value is -3.84. The van der Waals surface area contributed by atoms with Gasteiger partial charge in [-0.3, -0.25) is 9.20 Å². The summed E-state index contributed by atoms with van der Waals surface area (Å²) >= 11 is 6.16. The Bertz CT molecular complexity index is 1440. The van der Waals surface area contributed by atoms with Gasteiger partial charge in [-0.1, -0.05) is 42.8 Å². The molecule has 1 saturated heterocycles. The van der Waals surface area contributed by atoms with Crippen molar-refractivity contribution in [3.05, 3.63) is 100.0 Å². The molecule has 0 radical (unpaired) electrons. The van der Waals surface area contributed by atoms with Crippen molar-refractivity contribution in [2.24, 2.45) is 0 Å². The van der Waals surface area contributed by atoms with Crippen molar-refractivity contribution < 1.29 is 14.3 Å². The lowest BCUT2D eigenvalue weighted by Crippen LogP contribution is -2.32. The number of nitrogens with one attached hydrogen (secondary N) is 1. The SMILES string of the molecule is CCc1nc2ccc(Cl)cn2c1C(=O)NCc1ccc(N2CCC(c3ccc(C(=O)OC)cc3)CC2)cc1. The molecule has 0 spiro atoms. The van der Waals surface area contributed by atoms with Gasteiger partial charge < -0.3 is 15.0 Å². The molecule has 8 heteroatoms. The fraction of sp³-hybridized carbons (Fsp3) is 0.300. The van der Waals surface area contributed by atoms with Crippen LogP contribution in [0.15, 0.2) is 66.9 Å². The number of hydrogen-bond donors (Lipinski definition) is 1. The van der Waals surface area contributed by atoms with E-state index < -0.39 is 0 Å². The normalized spacial score (nSPS) is 14.0. The van der Waals surface area contributed by atoms with Crippen LogP contribution in [0.3, 0.4) is 0 Å². The number of methoxy groups -OCH3 is 1. The molecule has 1 N–H and O–H groups in total. The molecule has 4 aromatic rings. The highest BCUT2D eigenvalue weighted by Gasteiger charge is 2.22. The third kappa shape index (κ3) is 5.38. The van der Waals surface area contributed by atoms with Crippen molar-refractivity contribution in [1.82, 2.24) is 14.7 Å². The number of nitrogens with zero attached hydrogens (tertiary/aromatic N) is 3. The van der Waals surface area contributed by atoms with Crippen LogP contribution in [0.4, 0.5) is 5.69 Å². The number of rotatable bonds is 7. The van der Waals surface area contributed by atoms with Gasteiger partial charge in [-0.2, -0.15) is 0 Å². The molecule has 0 saturated carbocycles. The third-order valence-corrected chi connectivity index (χ3v) is 7.48. The van der Waals surface area contributed by atoms with Crippen molar-refractivity contribution in [2.45, 2.75) is 38.6 Å². The van der Waals surface area contributed by atoms with Crippen LogP contribution in [-0.4, -0.2) is 41.5 Å². The van der Waals surface area contributed by atoms with E-state index in [1.54, 1.807) is 16.7 Å². The molecule has 1 fully saturated rings. The highest BCUT2D eigenvalue weighted by Crippen LogP contribution is 2.31. The smallest absolute Gasteiger partial charge is 0.337 e. The molecule has 1 amide bonds. The fourth-order valence-electron chi connectivity index (χ4n) is 5.13. The first kappa shape index (κ1) is 25.8. The zero-order valence-electron chi connectivity index (χ0n) is 21.6. The zero-order chi connectivity index (χ0) is 26.6. The van der Waals surface area contributed by atoms with Gasteiger partial charge in [0.05, 0.1) is 23.4 Å². The number of anilines is 1. The monoisotopic (exact) mass is 530 g/mol. The van der Waals surface area contributed by atoms with E-state index in [2.05, 4.69) is 39.5 Å². The molecule has 0 atom stereocenters. The maximum Gasteiger partial charge on any atom is 0.337 e. The first-order valence-electron chi connectivity index (χ1n) is 12.9. The summed E-state index contributed by atoms with van der Waals surface area (Å²) in [6, 6.07) is 19.8. The molecule has 0 unspecified atom stereocenters. The molecule has 196 valence electrons. The predicted molar refractivity (Wildman–Crippen MR) is 149 cm³/mol. The molecule has 7 nitrogen and oxygen atoms in total. The highest BCUT2D eigenvalue weighted by molar-refractivity contribution is 6.30. The van der Waals surface area contributed by atoms with Crippen molar-refractivity contribution in [1.29, 1.82) is 0 Å². The van der Waals surface area contributed by atoms with E-state index in [1.165, 1.54) is 18.4 Å². The van der Waals surface area contributed by atoms with Crippen LogP contribution in [-0.2, 0) is 17.7 Å². The number of piperidine rings is 1. The Balaban J connectivity index is 1.17. The Kier molecular flexibility index (Phi) is 7.65. The van der Waals surface area contributed by atoms with Gasteiger partial charge >= 0.3 is 5.97 Å². The Morgan fingerprint density at radius 3 is 2.39 bits per heavy atom. The molecule has 2 aromatic heterocycles. The van der Waals surface area contributed by atoms with Crippen LogP contribution in [0.25, 0.3) is 5.65 Å². The molecule has 1 aliphatic heterocycles. The number of pyridine rings is 1. The van der Waals surface area contributed by atoms with Crippen LogP contribution < -0.4 is 10.2 Å². The second-order valence-corrected chi connectivity index (χ2v) is 10.00. The molecule has 2 aromatic carbocycles. The van der Waals surface area contributed by atoms with Gasteiger partial charge in [-0.25, -0.2) is 9.78 Å². The number of benzene rings is 2. The summed E-state index contributed by atoms with van der Waals surface area (Å²) in [6.45, 7) is 4.36. The van der Waals surface area contributed by atoms with Gasteiger partial charge in [-0.15, -0.1) is 0 Å². The predicted octanol–water partition coefficient (Wildman–Crippen LogP) is 5.65. The standard InChI is InChI=1S/C30H31ClN4O3/c1-3-26-28(35-19-24(31)10-13-27(35)33-26)29(36)32-18-20-4-11-25(12-5-20)34-16-14-22(15-17-34)21-6-8-23(9-7-21)30(37)38-2/h4-13,19,22H,3,14-18H2,1-2H3,(H,32,36). The van der Waals surface area contributed by atoms with Crippen molar-refractivity contribution in [2.75, 3.05) is 25.1 Å². The number of carbonyl (C=O) groups is 2. The van der Waals surface area contributed by atoms with E-state index in [4.69, 9.17) is 16.3 Å². The number of aryl methyl sites for hydroxylation is 1. The van der Waals surface area contributed by atoms with Crippen LogP contribution in [0, 0.1) is 0 Å². The second kappa shape index (κ2) is 11.3. The maximum absolute atomic E-state index is 13.1. The van der Waals surface area contributed by atoms with Gasteiger partial charge in [0, 0.05) is 31.5 Å². The number of hydrogen-bond acceptors (Lipinski definition) is 5. The Labute approximate surface area is 227 Å². The average molecular weight is 531 g/mol. The zero-order valence-corrected chi connectivity index (χ0v) is 22.4. The lowest BCUT2D eigenvalue weighted by molar-refractivity contribution is 0.0600. The molecule has 0 bridgehead atoms. The summed E-state index contributed by atoms with van der Waals surface area (Å²) in [5.74, 6) is 0.0118. The minimum Gasteiger partial charge on any atom is -0.465 e. The van der Waals surface area contributed by atoms with E-state index in [0.29, 0.717) is 40.8 Å². The van der Waals surface area contributed by atoms with Gasteiger partial charge in [0.2, 0.25) is 0 Å². The van der Waals surface area contributed by atoms with E-state index in [9.17, 15) is 9.59 Å². The molecule has 38 heavy (non-hydrogen) atoms. The molecule has 1 aliphatic rings. The maximum atomic E-state index is 13.1. The molecule has 0 aliphatic carbocycles. The average Bonchev–Trinajstić information content (AvgIpc) is 3.34. The highest BCUT2D eigenvalue weighted by atomic mass is 35.5. The molecule has 5 rings (SSSR count). The van der Waals surface area contributed by atoms with Crippen LogP contribution >= 0.6 is 11.6 Å². The number of halogens is 1. The lowest BCUT2D eigenvalue weighted by Gasteiger charge is -2.34. The summed E-state index contributed by atoms with van der Waals surface area (Å²) in [6.07, 6.45) is 4.50. The summed E-state index contributed by atoms with van der Waals surface area (Å²) in [5.41, 5.74) is 6.06. The van der Waals surface area contributed by atoms with E-state index in [1.807, 2.05) is 37.3 Å². The summed E-state index contributed by atoms with van der Waals surface area (Å²) in [7, 11) is 1.40. The van der Waals surface area contributed by atoms with Gasteiger partial charge in [-0.05, 0) is 72.7 Å². The van der Waals surface area contributed by atoms with E-state index in [-0.39, 0.29) is 11.9 Å². The van der Waals surface area contributed by atoms with Crippen molar-refractivity contribution in [3.63, 3.8) is 0 Å². The summed E-state index contributed by atoms with van der Waals surface area (Å²) in [5, 5.41) is 3.60. The number of fused-ring (bicyclic) bond motifs is 1. The second-order valence-electron chi connectivity index (χ2n) is 9.56. The first-order valence-corrected chi connectivity index (χ1v) is 13.3. The van der Waals surface area contributed by atoms with E-state index in [0.717, 1.165) is 37.2 Å². The summed E-state index contributed by atoms with van der Waals surface area (Å²) in [4.78, 5) is 31.7. The Morgan fingerprint density at radius 2 is 1.74 bits per heavy atom. The quantitative estimate of drug-likeness (QED) is 0.312. The minimum absolute atomic E-state index is 0.164. The number of amides is 1. The Morgan fingerprint density at radius 1 is 1.03 bits per heavy atom. The van der Waals surface area contributed by atoms with E-state index >= 15 is 0 Å².